The first-order chi connectivity index (χ1) is 9.83. The molecule has 0 saturated heterocycles. The van der Waals surface area contributed by atoms with Crippen LogP contribution in [0.5, 0.6) is 0 Å². The van der Waals surface area contributed by atoms with Crippen LogP contribution in [0.2, 0.25) is 0 Å². The predicted octanol–water partition coefficient (Wildman–Crippen LogP) is 5.71. The Morgan fingerprint density at radius 3 is 1.65 bits per heavy atom. The van der Waals surface area contributed by atoms with Gasteiger partial charge in [0.15, 0.2) is 0 Å². The van der Waals surface area contributed by atoms with E-state index >= 15 is 0 Å². The zero-order valence-corrected chi connectivity index (χ0v) is 11.6. The number of fused-ring (bicyclic) bond motifs is 3. The molecule has 0 aliphatic rings. The average Bonchev–Trinajstić information content (AvgIpc) is 2.50. The maximum Gasteiger partial charge on any atom is -0.0171 e. The third-order valence-electron chi connectivity index (χ3n) is 4.13. The Kier molecular flexibility index (Phi) is 2.50. The average molecular weight is 256 g/mol. The van der Waals surface area contributed by atoms with Crippen molar-refractivity contribution in [3.63, 3.8) is 0 Å². The van der Waals surface area contributed by atoms with Crippen LogP contribution in [0.15, 0.2) is 66.7 Å². The minimum absolute atomic E-state index is 1.09. The first-order valence-corrected chi connectivity index (χ1v) is 7.19. The van der Waals surface area contributed by atoms with Gasteiger partial charge in [-0.1, -0.05) is 49.4 Å². The number of hydrogen-bond donors (Lipinski definition) is 0. The van der Waals surface area contributed by atoms with Gasteiger partial charge >= 0.3 is 0 Å². The van der Waals surface area contributed by atoms with Crippen molar-refractivity contribution >= 4 is 32.3 Å². The summed E-state index contributed by atoms with van der Waals surface area (Å²) in [5.74, 6) is 0. The van der Waals surface area contributed by atoms with E-state index in [0.29, 0.717) is 0 Å². The fourth-order valence-corrected chi connectivity index (χ4v) is 2.96. The van der Waals surface area contributed by atoms with Gasteiger partial charge in [0.25, 0.3) is 0 Å². The maximum atomic E-state index is 2.32. The van der Waals surface area contributed by atoms with Gasteiger partial charge in [-0.2, -0.15) is 0 Å². The Morgan fingerprint density at radius 1 is 0.550 bits per heavy atom. The second-order valence-corrected chi connectivity index (χ2v) is 5.43. The van der Waals surface area contributed by atoms with Gasteiger partial charge < -0.3 is 0 Å². The molecule has 0 unspecified atom stereocenters. The Morgan fingerprint density at radius 2 is 1.05 bits per heavy atom. The predicted molar refractivity (Wildman–Crippen MR) is 88.3 cm³/mol. The Balaban J connectivity index is 2.09. The van der Waals surface area contributed by atoms with Gasteiger partial charge in [-0.3, -0.25) is 0 Å². The van der Waals surface area contributed by atoms with Crippen LogP contribution in [0.25, 0.3) is 32.3 Å². The summed E-state index contributed by atoms with van der Waals surface area (Å²) >= 11 is 0. The normalized spacial score (nSPS) is 11.4. The molecule has 0 aliphatic carbocycles. The molecule has 0 bridgehead atoms. The fourth-order valence-electron chi connectivity index (χ4n) is 2.96. The topological polar surface area (TPSA) is 0 Å². The second-order valence-electron chi connectivity index (χ2n) is 5.43. The first-order valence-electron chi connectivity index (χ1n) is 7.19. The molecular formula is C20H16. The molecule has 0 N–H and O–H groups in total. The minimum Gasteiger partial charge on any atom is -0.0616 e. The molecule has 0 amide bonds. The van der Waals surface area contributed by atoms with Crippen molar-refractivity contribution in [2.75, 3.05) is 0 Å². The zero-order valence-electron chi connectivity index (χ0n) is 11.6. The van der Waals surface area contributed by atoms with E-state index in [1.54, 1.807) is 0 Å². The third kappa shape index (κ3) is 1.77. The molecule has 0 aromatic heterocycles. The molecule has 20 heavy (non-hydrogen) atoms. The lowest BCUT2D eigenvalue weighted by Gasteiger charge is -2.06. The van der Waals surface area contributed by atoms with E-state index in [1.165, 1.54) is 37.9 Å². The zero-order chi connectivity index (χ0) is 13.5. The van der Waals surface area contributed by atoms with E-state index in [9.17, 15) is 0 Å². The molecule has 4 rings (SSSR count). The molecule has 0 atom stereocenters. The van der Waals surface area contributed by atoms with Crippen molar-refractivity contribution in [2.24, 2.45) is 0 Å². The largest absolute Gasteiger partial charge is 0.0616 e. The van der Waals surface area contributed by atoms with E-state index in [-0.39, 0.29) is 0 Å². The van der Waals surface area contributed by atoms with Crippen molar-refractivity contribution in [3.8, 4) is 0 Å². The van der Waals surface area contributed by atoms with Crippen molar-refractivity contribution in [3.05, 3.63) is 72.3 Å². The summed E-state index contributed by atoms with van der Waals surface area (Å²) in [5.41, 5.74) is 1.40. The van der Waals surface area contributed by atoms with Crippen LogP contribution < -0.4 is 0 Å². The molecular weight excluding hydrogens is 240 g/mol. The molecule has 0 spiro atoms. The smallest absolute Gasteiger partial charge is 0.0171 e. The highest BCUT2D eigenvalue weighted by Gasteiger charge is 2.01. The van der Waals surface area contributed by atoms with Crippen LogP contribution in [-0.2, 0) is 6.42 Å². The fraction of sp³-hybridized carbons (Fsp3) is 0.100. The van der Waals surface area contributed by atoms with Crippen LogP contribution in [0, 0.1) is 0 Å². The van der Waals surface area contributed by atoms with Crippen molar-refractivity contribution < 1.29 is 0 Å². The van der Waals surface area contributed by atoms with Crippen LogP contribution in [-0.4, -0.2) is 0 Å². The molecule has 0 radical (unpaired) electrons. The highest BCUT2D eigenvalue weighted by atomic mass is 14.1. The highest BCUT2D eigenvalue weighted by molar-refractivity contribution is 6.04. The molecule has 0 saturated carbocycles. The van der Waals surface area contributed by atoms with Gasteiger partial charge in [-0.25, -0.2) is 0 Å². The quantitative estimate of drug-likeness (QED) is 0.383. The van der Waals surface area contributed by atoms with Gasteiger partial charge in [0.05, 0.1) is 0 Å². The minimum atomic E-state index is 1.09. The molecule has 0 nitrogen and oxygen atoms in total. The lowest BCUT2D eigenvalue weighted by molar-refractivity contribution is 1.15. The third-order valence-corrected chi connectivity index (χ3v) is 4.13. The SMILES string of the molecule is CCc1ccc2cc3cc4ccccc4cc3cc2c1. The Hall–Kier alpha value is -2.34. The highest BCUT2D eigenvalue weighted by Crippen LogP contribution is 2.28. The number of aryl methyl sites for hydroxylation is 1. The molecule has 96 valence electrons. The molecule has 4 aromatic carbocycles. The van der Waals surface area contributed by atoms with Gasteiger partial charge in [0, 0.05) is 0 Å². The molecule has 0 aliphatic heterocycles. The Labute approximate surface area is 118 Å². The lowest BCUT2D eigenvalue weighted by atomic mass is 9.98. The summed E-state index contributed by atoms with van der Waals surface area (Å²) in [6, 6.07) is 24.5. The van der Waals surface area contributed by atoms with Gasteiger partial charge in [-0.05, 0) is 68.6 Å². The van der Waals surface area contributed by atoms with Crippen LogP contribution in [0.4, 0.5) is 0 Å². The summed E-state index contributed by atoms with van der Waals surface area (Å²) in [6.45, 7) is 2.20. The summed E-state index contributed by atoms with van der Waals surface area (Å²) in [4.78, 5) is 0. The molecule has 0 fully saturated rings. The van der Waals surface area contributed by atoms with E-state index < -0.39 is 0 Å². The number of benzene rings is 4. The molecule has 4 aromatic rings. The second kappa shape index (κ2) is 4.35. The number of hydrogen-bond acceptors (Lipinski definition) is 0. The summed E-state index contributed by atoms with van der Waals surface area (Å²) in [7, 11) is 0. The summed E-state index contributed by atoms with van der Waals surface area (Å²) in [6.07, 6.45) is 1.09. The molecule has 0 heterocycles. The van der Waals surface area contributed by atoms with E-state index in [0.717, 1.165) is 6.42 Å². The van der Waals surface area contributed by atoms with Gasteiger partial charge in [0.2, 0.25) is 0 Å². The van der Waals surface area contributed by atoms with Crippen molar-refractivity contribution in [1.29, 1.82) is 0 Å². The van der Waals surface area contributed by atoms with E-state index in [2.05, 4.69) is 73.7 Å². The Bertz CT molecular complexity index is 932. The van der Waals surface area contributed by atoms with Crippen LogP contribution in [0.1, 0.15) is 12.5 Å². The number of rotatable bonds is 1. The first kappa shape index (κ1) is 11.5. The summed E-state index contributed by atoms with van der Waals surface area (Å²) < 4.78 is 0. The van der Waals surface area contributed by atoms with Crippen molar-refractivity contribution in [2.45, 2.75) is 13.3 Å². The maximum absolute atomic E-state index is 2.32. The van der Waals surface area contributed by atoms with Gasteiger partial charge in [-0.15, -0.1) is 0 Å². The van der Waals surface area contributed by atoms with Gasteiger partial charge in [0.1, 0.15) is 0 Å². The molecule has 0 heteroatoms. The summed E-state index contributed by atoms with van der Waals surface area (Å²) in [5, 5.41) is 7.93. The monoisotopic (exact) mass is 256 g/mol. The van der Waals surface area contributed by atoms with Crippen LogP contribution in [0.3, 0.4) is 0 Å². The van der Waals surface area contributed by atoms with E-state index in [4.69, 9.17) is 0 Å². The standard InChI is InChI=1S/C20H16/c1-2-14-7-8-17-12-19-10-15-5-3-4-6-16(15)11-20(19)13-18(17)9-14/h3-13H,2H2,1H3. The van der Waals surface area contributed by atoms with Crippen molar-refractivity contribution in [1.82, 2.24) is 0 Å². The van der Waals surface area contributed by atoms with E-state index in [1.807, 2.05) is 0 Å². The lowest BCUT2D eigenvalue weighted by Crippen LogP contribution is -1.82. The van der Waals surface area contributed by atoms with Crippen LogP contribution >= 0.6 is 0 Å².